The molecule has 1 aliphatic heterocycles. The highest BCUT2D eigenvalue weighted by molar-refractivity contribution is 6.02. The average molecular weight is 334 g/mol. The van der Waals surface area contributed by atoms with Crippen LogP contribution in [0.15, 0.2) is 54.7 Å². The molecule has 6 heteroatoms. The summed E-state index contributed by atoms with van der Waals surface area (Å²) in [5.74, 6) is 0.711. The van der Waals surface area contributed by atoms with Gasteiger partial charge in [0.1, 0.15) is 11.9 Å². The molecule has 2 heterocycles. The number of aromatic nitrogens is 2. The van der Waals surface area contributed by atoms with E-state index in [1.54, 1.807) is 13.3 Å². The first-order valence-electron chi connectivity index (χ1n) is 7.99. The molecular weight excluding hydrogens is 316 g/mol. The number of methoxy groups -OCH3 is 1. The van der Waals surface area contributed by atoms with Crippen molar-refractivity contribution in [2.45, 2.75) is 6.17 Å². The average Bonchev–Trinajstić information content (AvgIpc) is 3.14. The monoisotopic (exact) mass is 334 g/mol. The van der Waals surface area contributed by atoms with E-state index < -0.39 is 0 Å². The van der Waals surface area contributed by atoms with Crippen LogP contribution >= 0.6 is 0 Å². The number of nitrogens with zero attached hydrogens (tertiary/aromatic N) is 2. The van der Waals surface area contributed by atoms with Crippen LogP contribution in [0.4, 0.5) is 5.69 Å². The number of benzene rings is 2. The molecule has 2 aromatic carbocycles. The van der Waals surface area contributed by atoms with E-state index in [-0.39, 0.29) is 12.1 Å². The molecule has 25 heavy (non-hydrogen) atoms. The minimum absolute atomic E-state index is 0.0828. The van der Waals surface area contributed by atoms with Crippen molar-refractivity contribution >= 4 is 11.6 Å². The lowest BCUT2D eigenvalue weighted by atomic mass is 10.0. The standard InChI is InChI=1S/C19H18N4O2/c1-23-16-6-4-3-5-14(16)19(24)21-18(23)15-11-20-22-17(15)12-7-9-13(25-2)10-8-12/h3-11,18H,1-2H3,(H,20,22)(H,21,24). The summed E-state index contributed by atoms with van der Waals surface area (Å²) in [4.78, 5) is 14.5. The number of H-pyrrole nitrogens is 1. The maximum absolute atomic E-state index is 12.5. The van der Waals surface area contributed by atoms with Crippen LogP contribution in [0.25, 0.3) is 11.3 Å². The summed E-state index contributed by atoms with van der Waals surface area (Å²) in [5, 5.41) is 10.3. The fraction of sp³-hybridized carbons (Fsp3) is 0.158. The normalized spacial score (nSPS) is 16.3. The van der Waals surface area contributed by atoms with Gasteiger partial charge >= 0.3 is 0 Å². The Morgan fingerprint density at radius 1 is 1.12 bits per heavy atom. The van der Waals surface area contributed by atoms with Gasteiger partial charge in [-0.3, -0.25) is 9.89 Å². The third kappa shape index (κ3) is 2.52. The van der Waals surface area contributed by atoms with E-state index in [1.165, 1.54) is 0 Å². The van der Waals surface area contributed by atoms with E-state index in [1.807, 2.05) is 55.6 Å². The summed E-state index contributed by atoms with van der Waals surface area (Å²) in [6, 6.07) is 15.3. The Bertz CT molecular complexity index is 917. The summed E-state index contributed by atoms with van der Waals surface area (Å²) in [7, 11) is 3.61. The summed E-state index contributed by atoms with van der Waals surface area (Å²) in [5.41, 5.74) is 4.35. The van der Waals surface area contributed by atoms with E-state index in [0.29, 0.717) is 5.56 Å². The van der Waals surface area contributed by atoms with E-state index in [0.717, 1.165) is 28.3 Å². The van der Waals surface area contributed by atoms with Gasteiger partial charge in [0.2, 0.25) is 0 Å². The zero-order valence-electron chi connectivity index (χ0n) is 14.0. The molecule has 0 aliphatic carbocycles. The minimum atomic E-state index is -0.293. The van der Waals surface area contributed by atoms with Gasteiger partial charge in [-0.2, -0.15) is 5.10 Å². The lowest BCUT2D eigenvalue weighted by Crippen LogP contribution is -2.44. The van der Waals surface area contributed by atoms with Gasteiger partial charge in [0.15, 0.2) is 0 Å². The van der Waals surface area contributed by atoms with Gasteiger partial charge in [0, 0.05) is 18.2 Å². The number of carbonyl (C=O) groups excluding carboxylic acids is 1. The summed E-state index contributed by atoms with van der Waals surface area (Å²) in [6.07, 6.45) is 1.47. The van der Waals surface area contributed by atoms with Crippen molar-refractivity contribution < 1.29 is 9.53 Å². The molecular formula is C19H18N4O2. The van der Waals surface area contributed by atoms with Gasteiger partial charge < -0.3 is 15.0 Å². The van der Waals surface area contributed by atoms with Gasteiger partial charge in [-0.15, -0.1) is 0 Å². The van der Waals surface area contributed by atoms with Crippen LogP contribution in [0.5, 0.6) is 5.75 Å². The molecule has 3 aromatic rings. The highest BCUT2D eigenvalue weighted by Crippen LogP contribution is 2.35. The molecule has 126 valence electrons. The molecule has 4 rings (SSSR count). The lowest BCUT2D eigenvalue weighted by molar-refractivity contribution is 0.0928. The predicted octanol–water partition coefficient (Wildman–Crippen LogP) is 2.96. The highest BCUT2D eigenvalue weighted by Gasteiger charge is 2.31. The van der Waals surface area contributed by atoms with Crippen molar-refractivity contribution in [2.24, 2.45) is 0 Å². The third-order valence-electron chi connectivity index (χ3n) is 4.53. The molecule has 1 aliphatic rings. The maximum Gasteiger partial charge on any atom is 0.255 e. The lowest BCUT2D eigenvalue weighted by Gasteiger charge is -2.36. The number of ether oxygens (including phenoxy) is 1. The number of para-hydroxylation sites is 1. The Labute approximate surface area is 145 Å². The zero-order valence-corrected chi connectivity index (χ0v) is 14.0. The van der Waals surface area contributed by atoms with Gasteiger partial charge in [-0.05, 0) is 36.4 Å². The van der Waals surface area contributed by atoms with E-state index in [2.05, 4.69) is 20.4 Å². The van der Waals surface area contributed by atoms with Crippen LogP contribution in [0.3, 0.4) is 0 Å². The number of hydrogen-bond donors (Lipinski definition) is 2. The van der Waals surface area contributed by atoms with Crippen molar-refractivity contribution in [2.75, 3.05) is 19.1 Å². The first kappa shape index (κ1) is 15.3. The van der Waals surface area contributed by atoms with Crippen LogP contribution in [-0.2, 0) is 0 Å². The molecule has 1 atom stereocenters. The van der Waals surface area contributed by atoms with Crippen molar-refractivity contribution in [1.82, 2.24) is 15.5 Å². The zero-order chi connectivity index (χ0) is 17.4. The van der Waals surface area contributed by atoms with Crippen molar-refractivity contribution in [3.63, 3.8) is 0 Å². The molecule has 0 spiro atoms. The van der Waals surface area contributed by atoms with Crippen molar-refractivity contribution in [1.29, 1.82) is 0 Å². The Morgan fingerprint density at radius 3 is 2.64 bits per heavy atom. The molecule has 6 nitrogen and oxygen atoms in total. The first-order valence-corrected chi connectivity index (χ1v) is 7.99. The Hall–Kier alpha value is -3.28. The van der Waals surface area contributed by atoms with Gasteiger partial charge in [0.05, 0.1) is 30.3 Å². The summed E-state index contributed by atoms with van der Waals surface area (Å²) in [6.45, 7) is 0. The largest absolute Gasteiger partial charge is 0.497 e. The van der Waals surface area contributed by atoms with Gasteiger partial charge in [-0.1, -0.05) is 12.1 Å². The van der Waals surface area contributed by atoms with Crippen LogP contribution in [0.2, 0.25) is 0 Å². The van der Waals surface area contributed by atoms with Crippen LogP contribution < -0.4 is 15.0 Å². The van der Waals surface area contributed by atoms with E-state index >= 15 is 0 Å². The highest BCUT2D eigenvalue weighted by atomic mass is 16.5. The number of rotatable bonds is 3. The molecule has 0 saturated heterocycles. The maximum atomic E-state index is 12.5. The fourth-order valence-corrected chi connectivity index (χ4v) is 3.19. The molecule has 0 saturated carbocycles. The third-order valence-corrected chi connectivity index (χ3v) is 4.53. The number of anilines is 1. The smallest absolute Gasteiger partial charge is 0.255 e. The second kappa shape index (κ2) is 5.98. The van der Waals surface area contributed by atoms with Gasteiger partial charge in [-0.25, -0.2) is 0 Å². The second-order valence-electron chi connectivity index (χ2n) is 5.93. The molecule has 0 radical (unpaired) electrons. The summed E-state index contributed by atoms with van der Waals surface area (Å²) < 4.78 is 5.21. The number of amides is 1. The number of fused-ring (bicyclic) bond motifs is 1. The summed E-state index contributed by atoms with van der Waals surface area (Å²) >= 11 is 0. The van der Waals surface area contributed by atoms with Crippen molar-refractivity contribution in [3.05, 3.63) is 65.9 Å². The molecule has 1 aromatic heterocycles. The molecule has 0 fully saturated rings. The van der Waals surface area contributed by atoms with Crippen LogP contribution in [0, 0.1) is 0 Å². The number of hydrogen-bond acceptors (Lipinski definition) is 4. The van der Waals surface area contributed by atoms with E-state index in [4.69, 9.17) is 4.74 Å². The van der Waals surface area contributed by atoms with Gasteiger partial charge in [0.25, 0.3) is 5.91 Å². The quantitative estimate of drug-likeness (QED) is 0.772. The molecule has 2 N–H and O–H groups in total. The minimum Gasteiger partial charge on any atom is -0.497 e. The Kier molecular flexibility index (Phi) is 3.65. The fourth-order valence-electron chi connectivity index (χ4n) is 3.19. The SMILES string of the molecule is COc1ccc(-c2[nH]ncc2C2NC(=O)c3ccccc3N2C)cc1. The molecule has 1 unspecified atom stereocenters. The Morgan fingerprint density at radius 2 is 1.88 bits per heavy atom. The second-order valence-corrected chi connectivity index (χ2v) is 5.93. The van der Waals surface area contributed by atoms with Crippen molar-refractivity contribution in [3.8, 4) is 17.0 Å². The topological polar surface area (TPSA) is 70.2 Å². The number of carbonyl (C=O) groups is 1. The van der Waals surface area contributed by atoms with Crippen LogP contribution in [0.1, 0.15) is 22.1 Å². The Balaban J connectivity index is 1.74. The molecule has 1 amide bonds. The van der Waals surface area contributed by atoms with Crippen LogP contribution in [-0.4, -0.2) is 30.3 Å². The molecule has 0 bridgehead atoms. The first-order chi connectivity index (χ1) is 12.2. The van der Waals surface area contributed by atoms with E-state index in [9.17, 15) is 4.79 Å². The number of nitrogens with one attached hydrogen (secondary N) is 2. The number of aromatic amines is 1. The predicted molar refractivity (Wildman–Crippen MR) is 95.6 cm³/mol.